The minimum atomic E-state index is -4.53. The van der Waals surface area contributed by atoms with Gasteiger partial charge in [-0.3, -0.25) is 4.79 Å². The van der Waals surface area contributed by atoms with Gasteiger partial charge in [0.2, 0.25) is 0 Å². The lowest BCUT2D eigenvalue weighted by Gasteiger charge is -2.15. The van der Waals surface area contributed by atoms with Crippen LogP contribution in [0.3, 0.4) is 0 Å². The van der Waals surface area contributed by atoms with Gasteiger partial charge in [0.15, 0.2) is 11.5 Å². The minimum Gasteiger partial charge on any atom is -0.490 e. The number of aldehydes is 1. The molecular weight excluding hydrogens is 364 g/mol. The molecule has 0 radical (unpaired) electrons. The molecule has 0 amide bonds. The summed E-state index contributed by atoms with van der Waals surface area (Å²) in [5, 5.41) is 0. The standard InChI is InChI=1S/C20H20F4O3/c1-2-3-8-26-19-9-14(12-25)4-7-18(19)27-13-15-5-6-17(20(22,23)24)10-16(15)11-21/h4-7,9-10,12H,2-3,8,11,13H2,1H3. The van der Waals surface area contributed by atoms with Gasteiger partial charge in [-0.25, -0.2) is 4.39 Å². The van der Waals surface area contributed by atoms with Crippen LogP contribution in [0, 0.1) is 0 Å². The number of hydrogen-bond acceptors (Lipinski definition) is 3. The molecule has 0 aliphatic heterocycles. The molecule has 0 aromatic heterocycles. The average Bonchev–Trinajstić information content (AvgIpc) is 2.66. The summed E-state index contributed by atoms with van der Waals surface area (Å²) in [6, 6.07) is 7.50. The summed E-state index contributed by atoms with van der Waals surface area (Å²) in [5.41, 5.74) is -0.266. The van der Waals surface area contributed by atoms with Crippen molar-refractivity contribution < 1.29 is 31.8 Å². The fourth-order valence-corrected chi connectivity index (χ4v) is 2.38. The second kappa shape index (κ2) is 9.39. The topological polar surface area (TPSA) is 35.5 Å². The molecule has 2 aromatic rings. The van der Waals surface area contributed by atoms with Crippen molar-refractivity contribution in [3.05, 3.63) is 58.7 Å². The smallest absolute Gasteiger partial charge is 0.416 e. The van der Waals surface area contributed by atoms with Crippen LogP contribution in [0.1, 0.15) is 46.8 Å². The molecule has 0 fully saturated rings. The third kappa shape index (κ3) is 5.70. The fourth-order valence-electron chi connectivity index (χ4n) is 2.38. The van der Waals surface area contributed by atoms with Crippen LogP contribution in [0.2, 0.25) is 0 Å². The van der Waals surface area contributed by atoms with Gasteiger partial charge in [-0.05, 0) is 47.9 Å². The lowest BCUT2D eigenvalue weighted by molar-refractivity contribution is -0.137. The normalized spacial score (nSPS) is 11.3. The summed E-state index contributed by atoms with van der Waals surface area (Å²) in [7, 11) is 0. The van der Waals surface area contributed by atoms with Crippen LogP contribution in [-0.2, 0) is 19.5 Å². The molecule has 0 saturated carbocycles. The Labute approximate surface area is 154 Å². The first-order valence-corrected chi connectivity index (χ1v) is 8.48. The largest absolute Gasteiger partial charge is 0.490 e. The average molecular weight is 384 g/mol. The van der Waals surface area contributed by atoms with Crippen molar-refractivity contribution in [2.24, 2.45) is 0 Å². The van der Waals surface area contributed by atoms with Gasteiger partial charge in [0.25, 0.3) is 0 Å². The van der Waals surface area contributed by atoms with Crippen molar-refractivity contribution in [3.63, 3.8) is 0 Å². The van der Waals surface area contributed by atoms with Gasteiger partial charge in [0, 0.05) is 5.56 Å². The summed E-state index contributed by atoms with van der Waals surface area (Å²) in [6.07, 6.45) is -2.12. The zero-order chi connectivity index (χ0) is 19.9. The predicted molar refractivity (Wildman–Crippen MR) is 92.8 cm³/mol. The maximum atomic E-state index is 13.2. The predicted octanol–water partition coefficient (Wildman–Crippen LogP) is 5.75. The van der Waals surface area contributed by atoms with E-state index >= 15 is 0 Å². The number of rotatable bonds is 9. The first-order chi connectivity index (χ1) is 12.9. The van der Waals surface area contributed by atoms with Gasteiger partial charge < -0.3 is 9.47 Å². The fraction of sp³-hybridized carbons (Fsp3) is 0.350. The Morgan fingerprint density at radius 1 is 1.00 bits per heavy atom. The van der Waals surface area contributed by atoms with Crippen molar-refractivity contribution in [1.82, 2.24) is 0 Å². The van der Waals surface area contributed by atoms with Crippen molar-refractivity contribution in [3.8, 4) is 11.5 Å². The quantitative estimate of drug-likeness (QED) is 0.314. The molecule has 3 nitrogen and oxygen atoms in total. The molecule has 0 spiro atoms. The number of alkyl halides is 4. The SMILES string of the molecule is CCCCOc1cc(C=O)ccc1OCc1ccc(C(F)(F)F)cc1CF. The minimum absolute atomic E-state index is 0.0808. The molecule has 146 valence electrons. The lowest BCUT2D eigenvalue weighted by Crippen LogP contribution is -2.08. The van der Waals surface area contributed by atoms with E-state index in [0.717, 1.165) is 25.0 Å². The van der Waals surface area contributed by atoms with Crippen molar-refractivity contribution >= 4 is 6.29 Å². The van der Waals surface area contributed by atoms with Crippen molar-refractivity contribution in [2.45, 2.75) is 39.2 Å². The highest BCUT2D eigenvalue weighted by molar-refractivity contribution is 5.76. The van der Waals surface area contributed by atoms with Crippen LogP contribution >= 0.6 is 0 Å². The van der Waals surface area contributed by atoms with Crippen molar-refractivity contribution in [2.75, 3.05) is 6.61 Å². The van der Waals surface area contributed by atoms with Gasteiger partial charge in [-0.2, -0.15) is 13.2 Å². The molecule has 0 saturated heterocycles. The number of carbonyl (C=O) groups is 1. The van der Waals surface area contributed by atoms with E-state index in [9.17, 15) is 22.4 Å². The van der Waals surface area contributed by atoms with Crippen LogP contribution in [0.15, 0.2) is 36.4 Å². The van der Waals surface area contributed by atoms with Crippen LogP contribution in [0.4, 0.5) is 17.6 Å². The first-order valence-electron chi connectivity index (χ1n) is 8.48. The number of carbonyl (C=O) groups excluding carboxylic acids is 1. The number of halogens is 4. The molecule has 7 heteroatoms. The molecule has 0 N–H and O–H groups in total. The van der Waals surface area contributed by atoms with Gasteiger partial charge in [0.1, 0.15) is 19.6 Å². The van der Waals surface area contributed by atoms with Crippen LogP contribution < -0.4 is 9.47 Å². The number of unbranched alkanes of at least 4 members (excludes halogenated alkanes) is 1. The molecule has 0 bridgehead atoms. The molecule has 0 heterocycles. The van der Waals surface area contributed by atoms with Gasteiger partial charge in [0.05, 0.1) is 12.2 Å². The van der Waals surface area contributed by atoms with Gasteiger partial charge in [-0.1, -0.05) is 19.4 Å². The number of hydrogen-bond donors (Lipinski definition) is 0. The van der Waals surface area contributed by atoms with E-state index in [1.165, 1.54) is 18.2 Å². The maximum absolute atomic E-state index is 13.2. The summed E-state index contributed by atoms with van der Waals surface area (Å²) in [4.78, 5) is 10.9. The summed E-state index contributed by atoms with van der Waals surface area (Å²) >= 11 is 0. The number of ether oxygens (including phenoxy) is 2. The molecular formula is C20H20F4O3. The van der Waals surface area contributed by atoms with E-state index in [-0.39, 0.29) is 12.2 Å². The Balaban J connectivity index is 2.19. The second-order valence-electron chi connectivity index (χ2n) is 5.93. The van der Waals surface area contributed by atoms with Crippen LogP contribution in [0.25, 0.3) is 0 Å². The van der Waals surface area contributed by atoms with E-state index in [0.29, 0.717) is 35.5 Å². The lowest BCUT2D eigenvalue weighted by atomic mass is 10.0. The Morgan fingerprint density at radius 2 is 1.78 bits per heavy atom. The number of benzene rings is 2. The Hall–Kier alpha value is -2.57. The molecule has 27 heavy (non-hydrogen) atoms. The molecule has 0 aliphatic carbocycles. The van der Waals surface area contributed by atoms with Crippen LogP contribution in [-0.4, -0.2) is 12.9 Å². The molecule has 2 aromatic carbocycles. The Bertz CT molecular complexity index is 772. The summed E-state index contributed by atoms with van der Waals surface area (Å²) in [5.74, 6) is 0.697. The van der Waals surface area contributed by atoms with E-state index in [4.69, 9.17) is 9.47 Å². The summed E-state index contributed by atoms with van der Waals surface area (Å²) < 4.78 is 62.7. The molecule has 0 unspecified atom stereocenters. The van der Waals surface area contributed by atoms with E-state index in [1.54, 1.807) is 6.07 Å². The highest BCUT2D eigenvalue weighted by Gasteiger charge is 2.31. The second-order valence-corrected chi connectivity index (χ2v) is 5.93. The first kappa shape index (κ1) is 20.7. The zero-order valence-electron chi connectivity index (χ0n) is 14.8. The van der Waals surface area contributed by atoms with E-state index < -0.39 is 18.4 Å². The molecule has 2 rings (SSSR count). The van der Waals surface area contributed by atoms with Gasteiger partial charge >= 0.3 is 6.18 Å². The monoisotopic (exact) mass is 384 g/mol. The highest BCUT2D eigenvalue weighted by Crippen LogP contribution is 2.32. The summed E-state index contributed by atoms with van der Waals surface area (Å²) in [6.45, 7) is 1.28. The van der Waals surface area contributed by atoms with Crippen LogP contribution in [0.5, 0.6) is 11.5 Å². The molecule has 0 aliphatic rings. The Morgan fingerprint density at radius 3 is 2.41 bits per heavy atom. The maximum Gasteiger partial charge on any atom is 0.416 e. The Kier molecular flexibility index (Phi) is 7.21. The zero-order valence-corrected chi connectivity index (χ0v) is 14.8. The van der Waals surface area contributed by atoms with Crippen molar-refractivity contribution in [1.29, 1.82) is 0 Å². The van der Waals surface area contributed by atoms with E-state index in [2.05, 4.69) is 0 Å². The van der Waals surface area contributed by atoms with Gasteiger partial charge in [-0.15, -0.1) is 0 Å². The third-order valence-corrected chi connectivity index (χ3v) is 3.92. The molecule has 0 atom stereocenters. The highest BCUT2D eigenvalue weighted by atomic mass is 19.4. The van der Waals surface area contributed by atoms with E-state index in [1.807, 2.05) is 6.92 Å². The third-order valence-electron chi connectivity index (χ3n) is 3.92.